The van der Waals surface area contributed by atoms with Crippen molar-refractivity contribution in [1.29, 1.82) is 0 Å². The number of hydrogen-bond acceptors (Lipinski definition) is 3. The van der Waals surface area contributed by atoms with Crippen molar-refractivity contribution in [3.05, 3.63) is 76.4 Å². The molecule has 29 heavy (non-hydrogen) atoms. The lowest BCUT2D eigenvalue weighted by Gasteiger charge is -2.37. The molecule has 0 aromatic heterocycles. The molecule has 1 atom stereocenters. The molecule has 2 aromatic rings. The van der Waals surface area contributed by atoms with Crippen molar-refractivity contribution in [2.75, 3.05) is 11.5 Å². The predicted octanol–water partition coefficient (Wildman–Crippen LogP) is 5.30. The van der Waals surface area contributed by atoms with Crippen LogP contribution in [-0.4, -0.2) is 17.7 Å². The first-order valence-electron chi connectivity index (χ1n) is 8.96. The van der Waals surface area contributed by atoms with Crippen molar-refractivity contribution in [2.45, 2.75) is 32.5 Å². The van der Waals surface area contributed by atoms with Gasteiger partial charge in [0, 0.05) is 11.6 Å². The SMILES string of the molecule is CCOC1=C(C(=O)O)C(C)c2ccc(C(F)(F)F)cc2N1Cc1cccc(F)c1. The first-order chi connectivity index (χ1) is 13.6. The smallest absolute Gasteiger partial charge is 0.416 e. The number of halogens is 4. The summed E-state index contributed by atoms with van der Waals surface area (Å²) >= 11 is 0. The van der Waals surface area contributed by atoms with Crippen LogP contribution in [0.15, 0.2) is 53.9 Å². The second-order valence-corrected chi connectivity index (χ2v) is 6.67. The number of alkyl halides is 3. The van der Waals surface area contributed by atoms with Gasteiger partial charge in [-0.25, -0.2) is 9.18 Å². The average Bonchev–Trinajstić information content (AvgIpc) is 2.63. The third-order valence-corrected chi connectivity index (χ3v) is 4.76. The zero-order valence-corrected chi connectivity index (χ0v) is 15.8. The second-order valence-electron chi connectivity index (χ2n) is 6.67. The summed E-state index contributed by atoms with van der Waals surface area (Å²) in [5, 5.41) is 9.74. The summed E-state index contributed by atoms with van der Waals surface area (Å²) in [6.07, 6.45) is -4.56. The highest BCUT2D eigenvalue weighted by molar-refractivity contribution is 5.92. The lowest BCUT2D eigenvalue weighted by Crippen LogP contribution is -2.33. The van der Waals surface area contributed by atoms with E-state index < -0.39 is 29.4 Å². The Kier molecular flexibility index (Phi) is 5.55. The Morgan fingerprint density at radius 2 is 1.93 bits per heavy atom. The fourth-order valence-electron chi connectivity index (χ4n) is 3.46. The first kappa shape index (κ1) is 20.7. The Hall–Kier alpha value is -3.03. The molecule has 0 spiro atoms. The van der Waals surface area contributed by atoms with Crippen LogP contribution in [0, 0.1) is 5.82 Å². The fraction of sp³-hybridized carbons (Fsp3) is 0.286. The molecule has 0 radical (unpaired) electrons. The highest BCUT2D eigenvalue weighted by Gasteiger charge is 2.38. The van der Waals surface area contributed by atoms with Crippen molar-refractivity contribution in [3.63, 3.8) is 0 Å². The van der Waals surface area contributed by atoms with E-state index in [0.29, 0.717) is 11.1 Å². The van der Waals surface area contributed by atoms with Crippen molar-refractivity contribution in [3.8, 4) is 0 Å². The number of rotatable bonds is 5. The van der Waals surface area contributed by atoms with E-state index in [0.717, 1.165) is 12.1 Å². The summed E-state index contributed by atoms with van der Waals surface area (Å²) < 4.78 is 59.1. The lowest BCUT2D eigenvalue weighted by atomic mass is 9.87. The average molecular weight is 409 g/mol. The van der Waals surface area contributed by atoms with Crippen LogP contribution in [0.25, 0.3) is 0 Å². The third-order valence-electron chi connectivity index (χ3n) is 4.76. The molecule has 4 nitrogen and oxygen atoms in total. The minimum atomic E-state index is -4.56. The van der Waals surface area contributed by atoms with Gasteiger partial charge in [0.2, 0.25) is 5.88 Å². The maximum absolute atomic E-state index is 13.6. The molecule has 1 unspecified atom stereocenters. The summed E-state index contributed by atoms with van der Waals surface area (Å²) in [5.41, 5.74) is 0.156. The molecular formula is C21H19F4NO3. The molecule has 0 saturated heterocycles. The number of ether oxygens (including phenoxy) is 1. The highest BCUT2D eigenvalue weighted by atomic mass is 19.4. The van der Waals surface area contributed by atoms with Gasteiger partial charge in [0.05, 0.1) is 18.7 Å². The zero-order valence-electron chi connectivity index (χ0n) is 15.8. The van der Waals surface area contributed by atoms with Crippen LogP contribution in [0.1, 0.15) is 36.5 Å². The second kappa shape index (κ2) is 7.77. The number of hydrogen-bond donors (Lipinski definition) is 1. The van der Waals surface area contributed by atoms with E-state index >= 15 is 0 Å². The Morgan fingerprint density at radius 3 is 2.52 bits per heavy atom. The number of anilines is 1. The Balaban J connectivity index is 2.22. The molecule has 1 N–H and O–H groups in total. The van der Waals surface area contributed by atoms with Crippen molar-refractivity contribution in [2.24, 2.45) is 0 Å². The zero-order chi connectivity index (χ0) is 21.3. The predicted molar refractivity (Wildman–Crippen MR) is 98.7 cm³/mol. The van der Waals surface area contributed by atoms with E-state index in [4.69, 9.17) is 4.74 Å². The van der Waals surface area contributed by atoms with Crippen LogP contribution in [0.3, 0.4) is 0 Å². The molecule has 0 amide bonds. The molecule has 154 valence electrons. The van der Waals surface area contributed by atoms with E-state index in [1.807, 2.05) is 0 Å². The van der Waals surface area contributed by atoms with E-state index in [9.17, 15) is 27.5 Å². The number of fused-ring (bicyclic) bond motifs is 1. The van der Waals surface area contributed by atoms with Gasteiger partial charge in [-0.3, -0.25) is 0 Å². The van der Waals surface area contributed by atoms with Gasteiger partial charge in [-0.1, -0.05) is 25.1 Å². The van der Waals surface area contributed by atoms with Crippen molar-refractivity contribution < 1.29 is 32.2 Å². The molecule has 0 fully saturated rings. The van der Waals surface area contributed by atoms with Gasteiger partial charge >= 0.3 is 12.1 Å². The fourth-order valence-corrected chi connectivity index (χ4v) is 3.46. The number of carboxylic acid groups (broad SMARTS) is 1. The van der Waals surface area contributed by atoms with E-state index in [-0.39, 0.29) is 30.3 Å². The summed E-state index contributed by atoms with van der Waals surface area (Å²) in [4.78, 5) is 13.3. The highest BCUT2D eigenvalue weighted by Crippen LogP contribution is 2.44. The number of benzene rings is 2. The quantitative estimate of drug-likeness (QED) is 0.681. The van der Waals surface area contributed by atoms with Gasteiger partial charge in [0.1, 0.15) is 11.4 Å². The van der Waals surface area contributed by atoms with Gasteiger partial charge in [-0.05, 0) is 42.3 Å². The maximum Gasteiger partial charge on any atom is 0.416 e. The van der Waals surface area contributed by atoms with Gasteiger partial charge in [-0.2, -0.15) is 13.2 Å². The van der Waals surface area contributed by atoms with Crippen LogP contribution in [-0.2, 0) is 22.3 Å². The largest absolute Gasteiger partial charge is 0.479 e. The van der Waals surface area contributed by atoms with E-state index in [1.54, 1.807) is 19.9 Å². The maximum atomic E-state index is 13.6. The minimum absolute atomic E-state index is 0.0383. The number of aliphatic carboxylic acids is 1. The van der Waals surface area contributed by atoms with E-state index in [1.165, 1.54) is 29.2 Å². The van der Waals surface area contributed by atoms with Crippen LogP contribution in [0.2, 0.25) is 0 Å². The van der Waals surface area contributed by atoms with Crippen LogP contribution in [0.4, 0.5) is 23.2 Å². The molecule has 8 heteroatoms. The van der Waals surface area contributed by atoms with Crippen molar-refractivity contribution in [1.82, 2.24) is 0 Å². The van der Waals surface area contributed by atoms with Crippen LogP contribution >= 0.6 is 0 Å². The number of carbonyl (C=O) groups is 1. The monoisotopic (exact) mass is 409 g/mol. The summed E-state index contributed by atoms with van der Waals surface area (Å²) in [6, 6.07) is 8.77. The van der Waals surface area contributed by atoms with Crippen LogP contribution < -0.4 is 4.90 Å². The number of carboxylic acids is 1. The molecule has 2 aromatic carbocycles. The standard InChI is InChI=1S/C21H19F4NO3/c1-3-29-19-18(20(27)28)12(2)16-8-7-14(21(23,24)25)10-17(16)26(19)11-13-5-4-6-15(22)9-13/h4-10,12H,3,11H2,1-2H3,(H,27,28). The molecule has 1 aliphatic rings. The normalized spacial score (nSPS) is 16.6. The molecule has 1 heterocycles. The van der Waals surface area contributed by atoms with Gasteiger partial charge in [-0.15, -0.1) is 0 Å². The summed E-state index contributed by atoms with van der Waals surface area (Å²) in [7, 11) is 0. The minimum Gasteiger partial charge on any atom is -0.479 e. The molecule has 0 saturated carbocycles. The molecule has 0 aliphatic carbocycles. The molecule has 1 aliphatic heterocycles. The van der Waals surface area contributed by atoms with Gasteiger partial charge < -0.3 is 14.7 Å². The number of nitrogens with zero attached hydrogens (tertiary/aromatic N) is 1. The third kappa shape index (κ3) is 4.06. The first-order valence-corrected chi connectivity index (χ1v) is 8.96. The molecule has 0 bridgehead atoms. The van der Waals surface area contributed by atoms with Crippen LogP contribution in [0.5, 0.6) is 0 Å². The molecule has 3 rings (SSSR count). The van der Waals surface area contributed by atoms with Crippen molar-refractivity contribution >= 4 is 11.7 Å². The lowest BCUT2D eigenvalue weighted by molar-refractivity contribution is -0.137. The topological polar surface area (TPSA) is 49.8 Å². The molecular weight excluding hydrogens is 390 g/mol. The van der Waals surface area contributed by atoms with E-state index in [2.05, 4.69) is 0 Å². The summed E-state index contributed by atoms with van der Waals surface area (Å²) in [5.74, 6) is -2.45. The summed E-state index contributed by atoms with van der Waals surface area (Å²) in [6.45, 7) is 3.32. The Morgan fingerprint density at radius 1 is 1.21 bits per heavy atom. The van der Waals surface area contributed by atoms with Gasteiger partial charge in [0.25, 0.3) is 0 Å². The Bertz CT molecular complexity index is 969. The van der Waals surface area contributed by atoms with Gasteiger partial charge in [0.15, 0.2) is 0 Å². The Labute approximate surface area is 165 Å².